The predicted octanol–water partition coefficient (Wildman–Crippen LogP) is 3.77. The van der Waals surface area contributed by atoms with E-state index in [4.69, 9.17) is 20.9 Å². The van der Waals surface area contributed by atoms with Gasteiger partial charge < -0.3 is 20.9 Å². The highest BCUT2D eigenvalue weighted by molar-refractivity contribution is 5.99. The number of nitrogens with one attached hydrogen (secondary N) is 1. The lowest BCUT2D eigenvalue weighted by Crippen LogP contribution is -2.44. The maximum absolute atomic E-state index is 12.0. The molecule has 0 saturated heterocycles. The predicted molar refractivity (Wildman–Crippen MR) is 160 cm³/mol. The van der Waals surface area contributed by atoms with Crippen LogP contribution in [0.25, 0.3) is 16.3 Å². The van der Waals surface area contributed by atoms with Crippen molar-refractivity contribution in [3.05, 3.63) is 70.4 Å². The first kappa shape index (κ1) is 30.7. The third-order valence-electron chi connectivity index (χ3n) is 7.50. The van der Waals surface area contributed by atoms with Crippen LogP contribution in [0, 0.1) is 11.8 Å². The number of fused-ring (bicyclic) bond motifs is 2. The molecule has 224 valence electrons. The molecule has 1 fully saturated rings. The van der Waals surface area contributed by atoms with Crippen LogP contribution in [0.5, 0.6) is 5.75 Å². The molecule has 0 bridgehead atoms. The van der Waals surface area contributed by atoms with Crippen LogP contribution in [0.4, 0.5) is 0 Å². The topological polar surface area (TPSA) is 168 Å². The van der Waals surface area contributed by atoms with E-state index in [-0.39, 0.29) is 18.1 Å². The Morgan fingerprint density at radius 3 is 2.50 bits per heavy atom. The molecule has 0 aliphatic heterocycles. The summed E-state index contributed by atoms with van der Waals surface area (Å²) in [5.74, 6) is 0.382. The third-order valence-corrected chi connectivity index (χ3v) is 7.50. The summed E-state index contributed by atoms with van der Waals surface area (Å²) in [6.45, 7) is 7.34. The standard InChI is InChI=1S/C17H24N4O4.C14H16N2O/c1-10(2)14(18)16(23)25-17(3,4)9-24-11-5-6-13-12(15(19)22)7-20-21(13)8-11;17-14-12-7-2-1-6-11(12)13(15-16-14)9-8-10-4-3-5-10/h5-8,10,14H,9,18H2,1-4H3,(H2,19,22);1-2,6-7,10H,3-5,8-9H2,(H,16,17). The van der Waals surface area contributed by atoms with Gasteiger partial charge in [-0.1, -0.05) is 51.3 Å². The van der Waals surface area contributed by atoms with Crippen LogP contribution in [-0.4, -0.2) is 49.9 Å². The molecule has 1 amide bonds. The van der Waals surface area contributed by atoms with E-state index < -0.39 is 23.5 Å². The summed E-state index contributed by atoms with van der Waals surface area (Å²) >= 11 is 0. The Morgan fingerprint density at radius 1 is 1.14 bits per heavy atom. The lowest BCUT2D eigenvalue weighted by atomic mass is 9.81. The molecule has 1 saturated carbocycles. The van der Waals surface area contributed by atoms with E-state index >= 15 is 0 Å². The van der Waals surface area contributed by atoms with Gasteiger partial charge in [-0.15, -0.1) is 0 Å². The number of esters is 1. The third kappa shape index (κ3) is 7.52. The molecule has 5 rings (SSSR count). The molecule has 11 heteroatoms. The number of primary amides is 1. The van der Waals surface area contributed by atoms with E-state index in [1.54, 1.807) is 32.2 Å². The first-order valence-corrected chi connectivity index (χ1v) is 14.3. The second-order valence-corrected chi connectivity index (χ2v) is 11.7. The Balaban J connectivity index is 0.000000206. The van der Waals surface area contributed by atoms with E-state index in [9.17, 15) is 14.4 Å². The molecule has 11 nitrogen and oxygen atoms in total. The summed E-state index contributed by atoms with van der Waals surface area (Å²) in [5.41, 5.74) is 12.1. The van der Waals surface area contributed by atoms with E-state index in [0.29, 0.717) is 16.8 Å². The van der Waals surface area contributed by atoms with E-state index in [0.717, 1.165) is 28.8 Å². The number of rotatable bonds is 10. The van der Waals surface area contributed by atoms with Gasteiger partial charge >= 0.3 is 5.97 Å². The Bertz CT molecular complexity index is 1600. The molecule has 1 atom stereocenters. The van der Waals surface area contributed by atoms with Gasteiger partial charge in [-0.25, -0.2) is 9.61 Å². The number of nitrogens with two attached hydrogens (primary N) is 2. The monoisotopic (exact) mass is 576 g/mol. The number of carbonyl (C=O) groups is 2. The zero-order valence-electron chi connectivity index (χ0n) is 24.6. The SMILES string of the molecule is CC(C)C(N)C(=O)OC(C)(C)COc1ccc2c(C(N)=O)cnn2c1.O=c1[nH]nc(CCC2CCC2)c2ccccc12. The van der Waals surface area contributed by atoms with Gasteiger partial charge in [0.25, 0.3) is 11.5 Å². The van der Waals surface area contributed by atoms with Crippen molar-refractivity contribution in [2.24, 2.45) is 23.3 Å². The minimum atomic E-state index is -0.846. The second kappa shape index (κ2) is 13.2. The van der Waals surface area contributed by atoms with Crippen molar-refractivity contribution in [3.63, 3.8) is 0 Å². The Hall–Kier alpha value is -4.25. The van der Waals surface area contributed by atoms with Crippen molar-refractivity contribution in [1.82, 2.24) is 19.8 Å². The lowest BCUT2D eigenvalue weighted by Gasteiger charge is -2.27. The fraction of sp³-hybridized carbons (Fsp3) is 0.452. The van der Waals surface area contributed by atoms with E-state index in [1.807, 2.05) is 38.1 Å². The number of ether oxygens (including phenoxy) is 2. The van der Waals surface area contributed by atoms with Crippen LogP contribution >= 0.6 is 0 Å². The van der Waals surface area contributed by atoms with Crippen LogP contribution < -0.4 is 21.8 Å². The summed E-state index contributed by atoms with van der Waals surface area (Å²) in [7, 11) is 0. The molecule has 1 aliphatic rings. The quantitative estimate of drug-likeness (QED) is 0.240. The molecule has 1 aliphatic carbocycles. The number of pyridine rings is 1. The van der Waals surface area contributed by atoms with Crippen LogP contribution in [-0.2, 0) is 16.0 Å². The molecule has 4 aromatic rings. The van der Waals surface area contributed by atoms with Gasteiger partial charge in [0.05, 0.1) is 34.6 Å². The van der Waals surface area contributed by atoms with Crippen molar-refractivity contribution < 1.29 is 19.1 Å². The number of carbonyl (C=O) groups excluding carboxylic acids is 2. The number of hydrogen-bond acceptors (Lipinski definition) is 8. The largest absolute Gasteiger partial charge is 0.488 e. The van der Waals surface area contributed by atoms with Gasteiger partial charge in [-0.2, -0.15) is 10.2 Å². The molecule has 5 N–H and O–H groups in total. The smallest absolute Gasteiger partial charge is 0.323 e. The van der Waals surface area contributed by atoms with Gasteiger partial charge in [0, 0.05) is 5.39 Å². The fourth-order valence-corrected chi connectivity index (χ4v) is 4.62. The number of nitrogens with zero attached hydrogens (tertiary/aromatic N) is 3. The molecule has 1 unspecified atom stereocenters. The number of aromatic nitrogens is 4. The molecule has 3 heterocycles. The van der Waals surface area contributed by atoms with Crippen molar-refractivity contribution in [3.8, 4) is 5.75 Å². The number of hydrogen-bond donors (Lipinski definition) is 3. The molecule has 42 heavy (non-hydrogen) atoms. The van der Waals surface area contributed by atoms with E-state index in [2.05, 4.69) is 15.3 Å². The van der Waals surface area contributed by atoms with Gasteiger partial charge in [0.1, 0.15) is 24.0 Å². The van der Waals surface area contributed by atoms with Crippen LogP contribution in [0.1, 0.15) is 69.4 Å². The molecule has 1 aromatic carbocycles. The summed E-state index contributed by atoms with van der Waals surface area (Å²) < 4.78 is 12.6. The zero-order valence-corrected chi connectivity index (χ0v) is 24.6. The summed E-state index contributed by atoms with van der Waals surface area (Å²) in [5, 5.41) is 12.6. The molecule has 0 spiro atoms. The van der Waals surface area contributed by atoms with Gasteiger partial charge in [0.2, 0.25) is 0 Å². The van der Waals surface area contributed by atoms with Crippen molar-refractivity contribution >= 4 is 28.2 Å². The van der Waals surface area contributed by atoms with Crippen LogP contribution in [0.3, 0.4) is 0 Å². The first-order chi connectivity index (χ1) is 19.9. The van der Waals surface area contributed by atoms with Gasteiger partial charge in [-0.05, 0) is 56.7 Å². The summed E-state index contributed by atoms with van der Waals surface area (Å²) in [4.78, 5) is 34.9. The Labute approximate surface area is 244 Å². The van der Waals surface area contributed by atoms with Crippen LogP contribution in [0.15, 0.2) is 53.6 Å². The number of amides is 1. The number of benzene rings is 1. The fourth-order valence-electron chi connectivity index (χ4n) is 4.62. The molecular weight excluding hydrogens is 536 g/mol. The normalized spacial score (nSPS) is 14.2. The minimum Gasteiger partial charge on any atom is -0.488 e. The second-order valence-electron chi connectivity index (χ2n) is 11.7. The zero-order chi connectivity index (χ0) is 30.4. The molecule has 3 aromatic heterocycles. The average molecular weight is 577 g/mol. The highest BCUT2D eigenvalue weighted by atomic mass is 16.6. The molecule has 0 radical (unpaired) electrons. The summed E-state index contributed by atoms with van der Waals surface area (Å²) in [6.07, 6.45) is 9.30. The first-order valence-electron chi connectivity index (χ1n) is 14.3. The molecular formula is C31H40N6O5. The highest BCUT2D eigenvalue weighted by Crippen LogP contribution is 2.31. The summed E-state index contributed by atoms with van der Waals surface area (Å²) in [6, 6.07) is 10.4. The minimum absolute atomic E-state index is 0.00843. The van der Waals surface area contributed by atoms with Crippen molar-refractivity contribution in [1.29, 1.82) is 0 Å². The Kier molecular flexibility index (Phi) is 9.62. The highest BCUT2D eigenvalue weighted by Gasteiger charge is 2.28. The maximum Gasteiger partial charge on any atom is 0.323 e. The lowest BCUT2D eigenvalue weighted by molar-refractivity contribution is -0.161. The van der Waals surface area contributed by atoms with Crippen molar-refractivity contribution in [2.75, 3.05) is 6.61 Å². The van der Waals surface area contributed by atoms with Gasteiger partial charge in [0.15, 0.2) is 0 Å². The number of aryl methyl sites for hydroxylation is 1. The number of aromatic amines is 1. The maximum atomic E-state index is 12.0. The van der Waals surface area contributed by atoms with E-state index in [1.165, 1.54) is 36.4 Å². The average Bonchev–Trinajstić information content (AvgIpc) is 3.36. The Morgan fingerprint density at radius 2 is 1.86 bits per heavy atom. The van der Waals surface area contributed by atoms with Crippen LogP contribution in [0.2, 0.25) is 0 Å². The van der Waals surface area contributed by atoms with Gasteiger partial charge in [-0.3, -0.25) is 14.4 Å². The van der Waals surface area contributed by atoms with Crippen molar-refractivity contribution in [2.45, 2.75) is 71.4 Å². The number of H-pyrrole nitrogens is 1.